The Balaban J connectivity index is 1.84. The Hall–Kier alpha value is -2.31. The van der Waals surface area contributed by atoms with Gasteiger partial charge in [-0.2, -0.15) is 0 Å². The van der Waals surface area contributed by atoms with Crippen molar-refractivity contribution in [2.75, 3.05) is 0 Å². The van der Waals surface area contributed by atoms with E-state index in [1.165, 1.54) is 0 Å². The van der Waals surface area contributed by atoms with E-state index in [0.717, 1.165) is 16.6 Å². The van der Waals surface area contributed by atoms with Crippen LogP contribution in [-0.4, -0.2) is 30.3 Å². The smallest absolute Gasteiger partial charge is 0.489 e. The summed E-state index contributed by atoms with van der Waals surface area (Å²) in [5, 5.41) is 2.95. The minimum Gasteiger partial charge on any atom is -0.489 e. The van der Waals surface area contributed by atoms with E-state index >= 15 is 0 Å². The molecule has 0 aromatic heterocycles. The zero-order valence-electron chi connectivity index (χ0n) is 18.8. The lowest BCUT2D eigenvalue weighted by molar-refractivity contribution is -0.120. The molecule has 1 heterocycles. The van der Waals surface area contributed by atoms with E-state index in [0.29, 0.717) is 12.4 Å². The van der Waals surface area contributed by atoms with Crippen molar-refractivity contribution in [1.82, 2.24) is 5.32 Å². The number of carbonyl (C=O) groups excluding carboxylic acids is 1. The lowest BCUT2D eigenvalue weighted by Crippen LogP contribution is -2.41. The molecular weight excluding hydrogens is 377 g/mol. The monoisotopic (exact) mass is 409 g/mol. The van der Waals surface area contributed by atoms with Gasteiger partial charge in [0.05, 0.1) is 17.6 Å². The van der Waals surface area contributed by atoms with Gasteiger partial charge in [-0.05, 0) is 58.6 Å². The van der Waals surface area contributed by atoms with E-state index < -0.39 is 18.3 Å². The molecule has 0 unspecified atom stereocenters. The van der Waals surface area contributed by atoms with Gasteiger partial charge in [-0.15, -0.1) is 0 Å². The average molecular weight is 409 g/mol. The van der Waals surface area contributed by atoms with Gasteiger partial charge in [0.1, 0.15) is 12.4 Å². The molecule has 1 N–H and O–H groups in total. The second-order valence-electron chi connectivity index (χ2n) is 9.13. The van der Waals surface area contributed by atoms with Crippen LogP contribution in [0.4, 0.5) is 0 Å². The van der Waals surface area contributed by atoms with Gasteiger partial charge >= 0.3 is 7.12 Å². The maximum Gasteiger partial charge on any atom is 0.494 e. The van der Waals surface area contributed by atoms with Crippen molar-refractivity contribution in [2.24, 2.45) is 0 Å². The Morgan fingerprint density at radius 1 is 1.03 bits per heavy atom. The van der Waals surface area contributed by atoms with Gasteiger partial charge in [0.2, 0.25) is 5.91 Å². The lowest BCUT2D eigenvalue weighted by atomic mass is 9.78. The van der Waals surface area contributed by atoms with E-state index in [1.807, 2.05) is 90.1 Å². The maximum absolute atomic E-state index is 12.5. The van der Waals surface area contributed by atoms with E-state index in [9.17, 15) is 4.79 Å². The summed E-state index contributed by atoms with van der Waals surface area (Å²) in [5.41, 5.74) is 1.93. The molecule has 1 saturated heterocycles. The van der Waals surface area contributed by atoms with Gasteiger partial charge < -0.3 is 19.4 Å². The quantitative estimate of drug-likeness (QED) is 0.710. The largest absolute Gasteiger partial charge is 0.494 e. The first-order valence-electron chi connectivity index (χ1n) is 10.5. The van der Waals surface area contributed by atoms with Crippen molar-refractivity contribution in [3.63, 3.8) is 0 Å². The second kappa shape index (κ2) is 8.82. The molecule has 1 amide bonds. The lowest BCUT2D eigenvalue weighted by Gasteiger charge is -2.32. The van der Waals surface area contributed by atoms with Gasteiger partial charge in [-0.3, -0.25) is 4.79 Å². The minimum atomic E-state index is -0.481. The number of hydrogen-bond donors (Lipinski definition) is 1. The number of amides is 1. The number of carbonyl (C=O) groups is 1. The SMILES string of the molecule is CC(C)NC(=O)Cc1cc(B2OC(C)(C)C(C)(C)O2)ccc1OCc1ccccc1. The summed E-state index contributed by atoms with van der Waals surface area (Å²) in [5.74, 6) is 0.652. The molecule has 160 valence electrons. The van der Waals surface area contributed by atoms with Crippen molar-refractivity contribution in [1.29, 1.82) is 0 Å². The third-order valence-corrected chi connectivity index (χ3v) is 5.65. The molecule has 2 aromatic rings. The molecule has 2 aromatic carbocycles. The van der Waals surface area contributed by atoms with E-state index in [-0.39, 0.29) is 18.4 Å². The molecule has 0 atom stereocenters. The van der Waals surface area contributed by atoms with Crippen LogP contribution in [0.25, 0.3) is 0 Å². The number of nitrogens with one attached hydrogen (secondary N) is 1. The Bertz CT molecular complexity index is 864. The van der Waals surface area contributed by atoms with Gasteiger partial charge in [0, 0.05) is 11.6 Å². The van der Waals surface area contributed by atoms with Crippen LogP contribution in [0.1, 0.15) is 52.7 Å². The zero-order chi connectivity index (χ0) is 21.9. The topological polar surface area (TPSA) is 56.8 Å². The Morgan fingerprint density at radius 2 is 1.67 bits per heavy atom. The summed E-state index contributed by atoms with van der Waals surface area (Å²) in [4.78, 5) is 12.5. The van der Waals surface area contributed by atoms with Crippen LogP contribution in [0, 0.1) is 0 Å². The van der Waals surface area contributed by atoms with Crippen LogP contribution in [0.15, 0.2) is 48.5 Å². The van der Waals surface area contributed by atoms with E-state index in [2.05, 4.69) is 5.32 Å². The minimum absolute atomic E-state index is 0.0411. The predicted octanol–water partition coefficient (Wildman–Crippen LogP) is 3.63. The first-order chi connectivity index (χ1) is 14.1. The summed E-state index contributed by atoms with van der Waals surface area (Å²) in [6.07, 6.45) is 0.232. The van der Waals surface area contributed by atoms with Crippen LogP contribution in [0.2, 0.25) is 0 Å². The molecule has 0 saturated carbocycles. The van der Waals surface area contributed by atoms with Crippen LogP contribution in [0.5, 0.6) is 5.75 Å². The van der Waals surface area contributed by atoms with Crippen molar-refractivity contribution in [3.8, 4) is 5.75 Å². The molecule has 0 radical (unpaired) electrons. The number of hydrogen-bond acceptors (Lipinski definition) is 4. The van der Waals surface area contributed by atoms with E-state index in [1.54, 1.807) is 0 Å². The third kappa shape index (κ3) is 5.24. The molecule has 0 aliphatic carbocycles. The molecule has 1 aliphatic heterocycles. The highest BCUT2D eigenvalue weighted by Crippen LogP contribution is 2.36. The third-order valence-electron chi connectivity index (χ3n) is 5.65. The van der Waals surface area contributed by atoms with E-state index in [4.69, 9.17) is 14.0 Å². The summed E-state index contributed by atoms with van der Waals surface area (Å²) in [6, 6.07) is 15.9. The van der Waals surface area contributed by atoms with Gasteiger partial charge in [0.15, 0.2) is 0 Å². The summed E-state index contributed by atoms with van der Waals surface area (Å²) in [7, 11) is -0.481. The molecule has 6 heteroatoms. The number of benzene rings is 2. The maximum atomic E-state index is 12.5. The molecule has 30 heavy (non-hydrogen) atoms. The average Bonchev–Trinajstić information content (AvgIpc) is 2.88. The van der Waals surface area contributed by atoms with Crippen LogP contribution in [0.3, 0.4) is 0 Å². The highest BCUT2D eigenvalue weighted by Gasteiger charge is 2.51. The van der Waals surface area contributed by atoms with Crippen molar-refractivity contribution in [2.45, 2.75) is 71.8 Å². The Labute approximate surface area is 180 Å². The number of rotatable bonds is 7. The van der Waals surface area contributed by atoms with Crippen molar-refractivity contribution >= 4 is 18.5 Å². The Morgan fingerprint density at radius 3 is 2.27 bits per heavy atom. The number of ether oxygens (including phenoxy) is 1. The fourth-order valence-corrected chi connectivity index (χ4v) is 3.29. The van der Waals surface area contributed by atoms with Crippen molar-refractivity contribution < 1.29 is 18.8 Å². The van der Waals surface area contributed by atoms with Crippen LogP contribution in [-0.2, 0) is 27.1 Å². The first-order valence-corrected chi connectivity index (χ1v) is 10.5. The summed E-state index contributed by atoms with van der Waals surface area (Å²) < 4.78 is 18.4. The summed E-state index contributed by atoms with van der Waals surface area (Å²) in [6.45, 7) is 12.5. The highest BCUT2D eigenvalue weighted by atomic mass is 16.7. The van der Waals surface area contributed by atoms with Gasteiger partial charge in [-0.1, -0.05) is 42.5 Å². The molecule has 0 spiro atoms. The fraction of sp³-hybridized carbons (Fsp3) is 0.458. The standard InChI is InChI=1S/C24H32BNO4/c1-17(2)26-22(27)15-19-14-20(25-29-23(3,4)24(5,6)30-25)12-13-21(19)28-16-18-10-8-7-9-11-18/h7-14,17H,15-16H2,1-6H3,(H,26,27). The molecule has 5 nitrogen and oxygen atoms in total. The first kappa shape index (κ1) is 22.4. The fourth-order valence-electron chi connectivity index (χ4n) is 3.29. The molecule has 3 rings (SSSR count). The highest BCUT2D eigenvalue weighted by molar-refractivity contribution is 6.62. The molecule has 1 fully saturated rings. The molecule has 0 bridgehead atoms. The van der Waals surface area contributed by atoms with Crippen molar-refractivity contribution in [3.05, 3.63) is 59.7 Å². The predicted molar refractivity (Wildman–Crippen MR) is 120 cm³/mol. The van der Waals surface area contributed by atoms with Gasteiger partial charge in [-0.25, -0.2) is 0 Å². The molecule has 1 aliphatic rings. The zero-order valence-corrected chi connectivity index (χ0v) is 18.8. The second-order valence-corrected chi connectivity index (χ2v) is 9.13. The Kier molecular flexibility index (Phi) is 6.58. The van der Waals surface area contributed by atoms with Crippen LogP contribution >= 0.6 is 0 Å². The van der Waals surface area contributed by atoms with Gasteiger partial charge in [0.25, 0.3) is 0 Å². The molecular formula is C24H32BNO4. The normalized spacial score (nSPS) is 17.2. The van der Waals surface area contributed by atoms with Crippen LogP contribution < -0.4 is 15.5 Å². The summed E-state index contributed by atoms with van der Waals surface area (Å²) >= 11 is 0.